The van der Waals surface area contributed by atoms with Gasteiger partial charge in [-0.1, -0.05) is 55.5 Å². The molecule has 1 aliphatic carbocycles. The Morgan fingerprint density at radius 3 is 2.62 bits per heavy atom. The standard InChI is InChI=1S/C27H25FN2O2/c1-19-7-3-2-6-12-27(17-20-10-13-29-24(28)15-20,18-21-11-14-30-25(31)16-21)23-9-5-4-8-22(23)26(19)32/h2-11,13-16,19H,12,17-18H2,1H3,(H,30,31)/b6-2-,7-3-. The van der Waals surface area contributed by atoms with Gasteiger partial charge >= 0.3 is 0 Å². The topological polar surface area (TPSA) is 62.8 Å². The number of hydrogen-bond donors (Lipinski definition) is 1. The van der Waals surface area contributed by atoms with E-state index >= 15 is 0 Å². The van der Waals surface area contributed by atoms with Crippen molar-refractivity contribution < 1.29 is 9.18 Å². The van der Waals surface area contributed by atoms with Gasteiger partial charge in [-0.3, -0.25) is 9.59 Å². The Balaban J connectivity index is 1.94. The van der Waals surface area contributed by atoms with Crippen molar-refractivity contribution in [3.05, 3.63) is 124 Å². The molecule has 0 radical (unpaired) electrons. The Morgan fingerprint density at radius 2 is 1.84 bits per heavy atom. The highest BCUT2D eigenvalue weighted by molar-refractivity contribution is 6.00. The largest absolute Gasteiger partial charge is 0.329 e. The van der Waals surface area contributed by atoms with Gasteiger partial charge in [0, 0.05) is 35.4 Å². The predicted molar refractivity (Wildman–Crippen MR) is 123 cm³/mol. The minimum Gasteiger partial charge on any atom is -0.329 e. The van der Waals surface area contributed by atoms with Crippen LogP contribution in [0.3, 0.4) is 0 Å². The number of ketones is 1. The number of nitrogens with one attached hydrogen (secondary N) is 1. The molecule has 0 bridgehead atoms. The van der Waals surface area contributed by atoms with Crippen LogP contribution in [-0.4, -0.2) is 15.8 Å². The number of rotatable bonds is 4. The van der Waals surface area contributed by atoms with Crippen LogP contribution in [0.2, 0.25) is 0 Å². The SMILES string of the molecule is CC1/C=C\C=C/CC(Cc2ccnc(F)c2)(Cc2cc[nH]c(=O)c2)c2ccccc2C1=O. The molecule has 3 aromatic rings. The zero-order chi connectivity index (χ0) is 22.6. The van der Waals surface area contributed by atoms with Crippen LogP contribution in [0.25, 0.3) is 0 Å². The number of halogens is 1. The molecule has 2 atom stereocenters. The van der Waals surface area contributed by atoms with Gasteiger partial charge in [0.05, 0.1) is 0 Å². The zero-order valence-electron chi connectivity index (χ0n) is 17.9. The molecule has 0 spiro atoms. The lowest BCUT2D eigenvalue weighted by molar-refractivity contribution is 0.0950. The summed E-state index contributed by atoms with van der Waals surface area (Å²) in [6.07, 6.45) is 12.6. The molecule has 32 heavy (non-hydrogen) atoms. The summed E-state index contributed by atoms with van der Waals surface area (Å²) in [5.41, 5.74) is 2.49. The Hall–Kier alpha value is -3.60. The highest BCUT2D eigenvalue weighted by Gasteiger charge is 2.36. The molecule has 4 rings (SSSR count). The van der Waals surface area contributed by atoms with Crippen molar-refractivity contribution in [1.82, 2.24) is 9.97 Å². The number of Topliss-reactive ketones (excluding diaryl/α,β-unsaturated/α-hetero) is 1. The van der Waals surface area contributed by atoms with Crippen LogP contribution in [0.15, 0.2) is 90.0 Å². The van der Waals surface area contributed by atoms with Crippen LogP contribution in [0.1, 0.15) is 40.4 Å². The van der Waals surface area contributed by atoms with Crippen molar-refractivity contribution in [2.24, 2.45) is 5.92 Å². The van der Waals surface area contributed by atoms with Crippen LogP contribution in [0.4, 0.5) is 4.39 Å². The van der Waals surface area contributed by atoms with Crippen molar-refractivity contribution in [2.45, 2.75) is 31.6 Å². The average Bonchev–Trinajstić information content (AvgIpc) is 2.77. The van der Waals surface area contributed by atoms with Gasteiger partial charge in [-0.25, -0.2) is 4.98 Å². The fraction of sp³-hybridized carbons (Fsp3) is 0.222. The molecule has 0 fully saturated rings. The van der Waals surface area contributed by atoms with E-state index in [1.54, 1.807) is 18.3 Å². The Labute approximate surface area is 186 Å². The molecule has 2 aromatic heterocycles. The van der Waals surface area contributed by atoms with Crippen molar-refractivity contribution in [1.29, 1.82) is 0 Å². The van der Waals surface area contributed by atoms with Crippen molar-refractivity contribution >= 4 is 5.78 Å². The highest BCUT2D eigenvalue weighted by atomic mass is 19.1. The quantitative estimate of drug-likeness (QED) is 0.597. The van der Waals surface area contributed by atoms with E-state index in [1.807, 2.05) is 55.5 Å². The van der Waals surface area contributed by atoms with Crippen LogP contribution in [0.5, 0.6) is 0 Å². The number of hydrogen-bond acceptors (Lipinski definition) is 3. The molecule has 0 saturated heterocycles. The number of carbonyl (C=O) groups is 1. The van der Waals surface area contributed by atoms with E-state index in [-0.39, 0.29) is 17.3 Å². The predicted octanol–water partition coefficient (Wildman–Crippen LogP) is 4.97. The molecule has 5 heteroatoms. The number of carbonyl (C=O) groups excluding carboxylic acids is 1. The van der Waals surface area contributed by atoms with Gasteiger partial charge in [0.1, 0.15) is 0 Å². The first-order chi connectivity index (χ1) is 15.5. The molecule has 0 amide bonds. The molecular weight excluding hydrogens is 403 g/mol. The fourth-order valence-electron chi connectivity index (χ4n) is 4.54. The monoisotopic (exact) mass is 428 g/mol. The molecule has 0 saturated carbocycles. The highest BCUT2D eigenvalue weighted by Crippen LogP contribution is 2.39. The summed E-state index contributed by atoms with van der Waals surface area (Å²) in [6.45, 7) is 1.89. The molecule has 0 aliphatic heterocycles. The summed E-state index contributed by atoms with van der Waals surface area (Å²) >= 11 is 0. The van der Waals surface area contributed by atoms with Crippen LogP contribution < -0.4 is 5.56 Å². The van der Waals surface area contributed by atoms with E-state index in [0.29, 0.717) is 24.8 Å². The van der Waals surface area contributed by atoms with E-state index in [9.17, 15) is 14.0 Å². The average molecular weight is 429 g/mol. The van der Waals surface area contributed by atoms with Crippen molar-refractivity contribution in [3.8, 4) is 0 Å². The second-order valence-electron chi connectivity index (χ2n) is 8.40. The number of aromatic nitrogens is 2. The number of aromatic amines is 1. The van der Waals surface area contributed by atoms with Gasteiger partial charge in [0.2, 0.25) is 11.5 Å². The third-order valence-electron chi connectivity index (χ3n) is 6.05. The summed E-state index contributed by atoms with van der Waals surface area (Å²) in [5.74, 6) is -0.761. The Morgan fingerprint density at radius 1 is 1.06 bits per heavy atom. The summed E-state index contributed by atoms with van der Waals surface area (Å²) in [5, 5.41) is 0. The minimum absolute atomic E-state index is 0.0448. The third-order valence-corrected chi connectivity index (χ3v) is 6.05. The number of fused-ring (bicyclic) bond motifs is 1. The van der Waals surface area contributed by atoms with Gasteiger partial charge < -0.3 is 4.98 Å². The zero-order valence-corrected chi connectivity index (χ0v) is 17.9. The molecule has 2 unspecified atom stereocenters. The van der Waals surface area contributed by atoms with Crippen LogP contribution >= 0.6 is 0 Å². The van der Waals surface area contributed by atoms with E-state index in [0.717, 1.165) is 16.7 Å². The Kier molecular flexibility index (Phi) is 6.26. The maximum Gasteiger partial charge on any atom is 0.248 e. The lowest BCUT2D eigenvalue weighted by atomic mass is 9.67. The Bertz CT molecular complexity index is 1240. The normalized spacial score (nSPS) is 22.7. The van der Waals surface area contributed by atoms with Crippen molar-refractivity contribution in [2.75, 3.05) is 0 Å². The van der Waals surface area contributed by atoms with Gasteiger partial charge in [-0.2, -0.15) is 4.39 Å². The summed E-state index contributed by atoms with van der Waals surface area (Å²) < 4.78 is 14.0. The molecule has 162 valence electrons. The summed E-state index contributed by atoms with van der Waals surface area (Å²) in [6, 6.07) is 14.4. The molecule has 2 heterocycles. The van der Waals surface area contributed by atoms with Gasteiger partial charge in [-0.05, 0) is 54.2 Å². The first-order valence-electron chi connectivity index (χ1n) is 10.7. The van der Waals surface area contributed by atoms with Crippen molar-refractivity contribution in [3.63, 3.8) is 0 Å². The molecule has 4 nitrogen and oxygen atoms in total. The molecule has 1 aliphatic rings. The van der Waals surface area contributed by atoms with Gasteiger partial charge in [-0.15, -0.1) is 0 Å². The maximum atomic E-state index is 14.0. The fourth-order valence-corrected chi connectivity index (χ4v) is 4.54. The number of benzene rings is 1. The third kappa shape index (κ3) is 4.67. The number of pyridine rings is 2. The summed E-state index contributed by atoms with van der Waals surface area (Å²) in [7, 11) is 0. The number of H-pyrrole nitrogens is 1. The molecule has 1 aromatic carbocycles. The van der Waals surface area contributed by atoms with Crippen LogP contribution in [0, 0.1) is 11.9 Å². The number of nitrogens with zero attached hydrogens (tertiary/aromatic N) is 1. The van der Waals surface area contributed by atoms with E-state index in [2.05, 4.69) is 16.0 Å². The van der Waals surface area contributed by atoms with Gasteiger partial charge in [0.25, 0.3) is 0 Å². The van der Waals surface area contributed by atoms with Gasteiger partial charge in [0.15, 0.2) is 5.78 Å². The first kappa shape index (κ1) is 21.6. The van der Waals surface area contributed by atoms with E-state index in [1.165, 1.54) is 12.3 Å². The second kappa shape index (κ2) is 9.27. The van der Waals surface area contributed by atoms with E-state index < -0.39 is 11.4 Å². The smallest absolute Gasteiger partial charge is 0.248 e. The van der Waals surface area contributed by atoms with Crippen LogP contribution in [-0.2, 0) is 18.3 Å². The summed E-state index contributed by atoms with van der Waals surface area (Å²) in [4.78, 5) is 31.7. The maximum absolute atomic E-state index is 14.0. The minimum atomic E-state index is -0.560. The first-order valence-corrected chi connectivity index (χ1v) is 10.7. The van der Waals surface area contributed by atoms with E-state index in [4.69, 9.17) is 0 Å². The second-order valence-corrected chi connectivity index (χ2v) is 8.40. The lowest BCUT2D eigenvalue weighted by Gasteiger charge is -2.36. The molecule has 1 N–H and O–H groups in total. The lowest BCUT2D eigenvalue weighted by Crippen LogP contribution is -2.34. The molecular formula is C27H25FN2O2. The number of allylic oxidation sites excluding steroid dienone is 4.